The van der Waals surface area contributed by atoms with E-state index in [0.29, 0.717) is 17.8 Å². The molecule has 1 aliphatic heterocycles. The molecule has 1 fully saturated rings. The number of urea groups is 1. The topological polar surface area (TPSA) is 50.4 Å². The van der Waals surface area contributed by atoms with Crippen molar-refractivity contribution >= 4 is 6.03 Å². The molecule has 1 heterocycles. The van der Waals surface area contributed by atoms with Crippen molar-refractivity contribution in [1.29, 1.82) is 0 Å². The molecule has 4 nitrogen and oxygen atoms in total. The standard InChI is InChI=1S/C18H26N2O2/c1-12-11-22-8-7-15(12)10-19-18(21)20-17-9-14-5-3-4-6-16(14)13(17)2/h3-6,12-13,15,17H,7-11H2,1-2H3,(H2,19,20,21)/t12?,13-,15?,17+/m0/s1. The first-order valence-electron chi connectivity index (χ1n) is 8.35. The first-order valence-corrected chi connectivity index (χ1v) is 8.35. The second-order valence-electron chi connectivity index (χ2n) is 6.75. The highest BCUT2D eigenvalue weighted by Crippen LogP contribution is 2.32. The number of fused-ring (bicyclic) bond motifs is 1. The zero-order valence-electron chi connectivity index (χ0n) is 13.5. The van der Waals surface area contributed by atoms with Gasteiger partial charge in [-0.15, -0.1) is 0 Å². The fraction of sp³-hybridized carbons (Fsp3) is 0.611. The predicted octanol–water partition coefficient (Wildman–Crippen LogP) is 2.69. The van der Waals surface area contributed by atoms with E-state index in [1.165, 1.54) is 11.1 Å². The summed E-state index contributed by atoms with van der Waals surface area (Å²) in [5.41, 5.74) is 2.73. The highest BCUT2D eigenvalue weighted by molar-refractivity contribution is 5.74. The molecule has 2 N–H and O–H groups in total. The van der Waals surface area contributed by atoms with Crippen molar-refractivity contribution in [3.8, 4) is 0 Å². The van der Waals surface area contributed by atoms with Crippen LogP contribution in [0.15, 0.2) is 24.3 Å². The summed E-state index contributed by atoms with van der Waals surface area (Å²) < 4.78 is 5.45. The van der Waals surface area contributed by atoms with Crippen LogP contribution in [0.2, 0.25) is 0 Å². The second kappa shape index (κ2) is 6.69. The van der Waals surface area contributed by atoms with Crippen LogP contribution < -0.4 is 10.6 Å². The van der Waals surface area contributed by atoms with Crippen molar-refractivity contribution in [2.45, 2.75) is 38.6 Å². The number of hydrogen-bond donors (Lipinski definition) is 2. The van der Waals surface area contributed by atoms with Crippen molar-refractivity contribution < 1.29 is 9.53 Å². The molecule has 1 saturated heterocycles. The minimum atomic E-state index is -0.0386. The Morgan fingerprint density at radius 1 is 1.32 bits per heavy atom. The molecule has 2 amide bonds. The van der Waals surface area contributed by atoms with Crippen LogP contribution in [0.25, 0.3) is 0 Å². The number of benzene rings is 1. The number of ether oxygens (including phenoxy) is 1. The minimum absolute atomic E-state index is 0.0386. The van der Waals surface area contributed by atoms with Crippen molar-refractivity contribution in [2.24, 2.45) is 11.8 Å². The van der Waals surface area contributed by atoms with Gasteiger partial charge in [0, 0.05) is 31.7 Å². The van der Waals surface area contributed by atoms with Crippen LogP contribution in [-0.2, 0) is 11.2 Å². The Hall–Kier alpha value is -1.55. The van der Waals surface area contributed by atoms with E-state index in [-0.39, 0.29) is 12.1 Å². The summed E-state index contributed by atoms with van der Waals surface area (Å²) in [6, 6.07) is 8.64. The maximum absolute atomic E-state index is 12.2. The summed E-state index contributed by atoms with van der Waals surface area (Å²) in [5.74, 6) is 1.42. The Bertz CT molecular complexity index is 532. The molecule has 2 aliphatic rings. The maximum atomic E-state index is 12.2. The lowest BCUT2D eigenvalue weighted by molar-refractivity contribution is 0.0252. The molecule has 22 heavy (non-hydrogen) atoms. The van der Waals surface area contributed by atoms with Gasteiger partial charge in [0.2, 0.25) is 0 Å². The molecule has 4 atom stereocenters. The largest absolute Gasteiger partial charge is 0.381 e. The lowest BCUT2D eigenvalue weighted by Gasteiger charge is -2.29. The van der Waals surface area contributed by atoms with Crippen LogP contribution in [0.1, 0.15) is 37.3 Å². The average molecular weight is 302 g/mol. The van der Waals surface area contributed by atoms with Crippen molar-refractivity contribution in [3.05, 3.63) is 35.4 Å². The highest BCUT2D eigenvalue weighted by atomic mass is 16.5. The van der Waals surface area contributed by atoms with Gasteiger partial charge in [-0.05, 0) is 35.8 Å². The quantitative estimate of drug-likeness (QED) is 0.902. The molecular weight excluding hydrogens is 276 g/mol. The molecule has 0 spiro atoms. The lowest BCUT2D eigenvalue weighted by Crippen LogP contribution is -2.46. The van der Waals surface area contributed by atoms with Gasteiger partial charge in [0.05, 0.1) is 0 Å². The minimum Gasteiger partial charge on any atom is -0.381 e. The van der Waals surface area contributed by atoms with E-state index in [4.69, 9.17) is 4.74 Å². The van der Waals surface area contributed by atoms with E-state index in [1.807, 2.05) is 0 Å². The Balaban J connectivity index is 1.49. The normalized spacial score (nSPS) is 30.6. The van der Waals surface area contributed by atoms with Gasteiger partial charge in [-0.3, -0.25) is 0 Å². The number of rotatable bonds is 3. The Morgan fingerprint density at radius 3 is 2.91 bits per heavy atom. The number of carbonyl (C=O) groups excluding carboxylic acids is 1. The average Bonchev–Trinajstić information content (AvgIpc) is 2.83. The number of nitrogens with one attached hydrogen (secondary N) is 2. The number of carbonyl (C=O) groups is 1. The first-order chi connectivity index (χ1) is 10.6. The fourth-order valence-corrected chi connectivity index (χ4v) is 3.64. The van der Waals surface area contributed by atoms with E-state index in [0.717, 1.165) is 32.6 Å². The molecule has 0 saturated carbocycles. The summed E-state index contributed by atoms with van der Waals surface area (Å²) >= 11 is 0. The van der Waals surface area contributed by atoms with E-state index < -0.39 is 0 Å². The molecule has 1 aromatic rings. The van der Waals surface area contributed by atoms with Crippen LogP contribution in [0, 0.1) is 11.8 Å². The Kier molecular flexibility index (Phi) is 4.67. The zero-order valence-corrected chi connectivity index (χ0v) is 13.5. The molecule has 0 bridgehead atoms. The fourth-order valence-electron chi connectivity index (χ4n) is 3.64. The van der Waals surface area contributed by atoms with Gasteiger partial charge in [-0.2, -0.15) is 0 Å². The molecule has 0 aromatic heterocycles. The number of amides is 2. The zero-order chi connectivity index (χ0) is 15.5. The van der Waals surface area contributed by atoms with E-state index in [9.17, 15) is 4.79 Å². The first kappa shape index (κ1) is 15.3. The molecule has 0 radical (unpaired) electrons. The van der Waals surface area contributed by atoms with Crippen LogP contribution in [0.5, 0.6) is 0 Å². The Morgan fingerprint density at radius 2 is 2.14 bits per heavy atom. The van der Waals surface area contributed by atoms with Crippen molar-refractivity contribution in [1.82, 2.24) is 10.6 Å². The van der Waals surface area contributed by atoms with Gasteiger partial charge < -0.3 is 15.4 Å². The predicted molar refractivity (Wildman–Crippen MR) is 87.0 cm³/mol. The summed E-state index contributed by atoms with van der Waals surface area (Å²) in [4.78, 5) is 12.2. The van der Waals surface area contributed by atoms with Gasteiger partial charge in [-0.1, -0.05) is 38.1 Å². The van der Waals surface area contributed by atoms with Crippen LogP contribution in [0.4, 0.5) is 4.79 Å². The summed E-state index contributed by atoms with van der Waals surface area (Å²) in [7, 11) is 0. The van der Waals surface area contributed by atoms with Crippen molar-refractivity contribution in [3.63, 3.8) is 0 Å². The summed E-state index contributed by atoms with van der Waals surface area (Å²) in [5, 5.41) is 6.20. The van der Waals surface area contributed by atoms with Crippen LogP contribution in [-0.4, -0.2) is 31.8 Å². The third-order valence-corrected chi connectivity index (χ3v) is 5.25. The van der Waals surface area contributed by atoms with Gasteiger partial charge in [-0.25, -0.2) is 4.79 Å². The van der Waals surface area contributed by atoms with Gasteiger partial charge in [0.1, 0.15) is 0 Å². The molecular formula is C18H26N2O2. The van der Waals surface area contributed by atoms with Crippen molar-refractivity contribution in [2.75, 3.05) is 19.8 Å². The van der Waals surface area contributed by atoms with E-state index >= 15 is 0 Å². The third kappa shape index (κ3) is 3.27. The highest BCUT2D eigenvalue weighted by Gasteiger charge is 2.30. The lowest BCUT2D eigenvalue weighted by atomic mass is 9.90. The second-order valence-corrected chi connectivity index (χ2v) is 6.75. The molecule has 2 unspecified atom stereocenters. The molecule has 120 valence electrons. The molecule has 1 aliphatic carbocycles. The number of hydrogen-bond acceptors (Lipinski definition) is 2. The van der Waals surface area contributed by atoms with E-state index in [2.05, 4.69) is 48.7 Å². The Labute approximate surface area is 132 Å². The molecule has 3 rings (SSSR count). The maximum Gasteiger partial charge on any atom is 0.315 e. The van der Waals surface area contributed by atoms with Crippen LogP contribution >= 0.6 is 0 Å². The smallest absolute Gasteiger partial charge is 0.315 e. The SMILES string of the molecule is CC1COCCC1CNC(=O)N[C@@H]1Cc2ccccc2[C@@H]1C. The third-order valence-electron chi connectivity index (χ3n) is 5.25. The summed E-state index contributed by atoms with van der Waals surface area (Å²) in [6.45, 7) is 6.75. The summed E-state index contributed by atoms with van der Waals surface area (Å²) in [6.07, 6.45) is 1.96. The van der Waals surface area contributed by atoms with E-state index in [1.54, 1.807) is 0 Å². The van der Waals surface area contributed by atoms with Gasteiger partial charge in [0.15, 0.2) is 0 Å². The van der Waals surface area contributed by atoms with Gasteiger partial charge in [0.25, 0.3) is 0 Å². The molecule has 4 heteroatoms. The monoisotopic (exact) mass is 302 g/mol. The van der Waals surface area contributed by atoms with Crippen LogP contribution in [0.3, 0.4) is 0 Å². The molecule has 1 aromatic carbocycles. The van der Waals surface area contributed by atoms with Gasteiger partial charge >= 0.3 is 6.03 Å².